The van der Waals surface area contributed by atoms with Gasteiger partial charge in [0.1, 0.15) is 0 Å². The molecule has 0 aliphatic carbocycles. The number of para-hydroxylation sites is 1. The first kappa shape index (κ1) is 20.8. The molecule has 1 aliphatic heterocycles. The molecule has 0 unspecified atom stereocenters. The van der Waals surface area contributed by atoms with E-state index in [1.165, 1.54) is 18.2 Å². The zero-order valence-corrected chi connectivity index (χ0v) is 17.6. The van der Waals surface area contributed by atoms with Gasteiger partial charge in [-0.2, -0.15) is 0 Å². The minimum Gasteiger partial charge on any atom is -0.454 e. The standard InChI is InChI=1S/C22H17ClN2O5S/c23-18-6-1-2-7-19(18)25-31(27,28)17-5-3-4-16(13-17)24-22(26)11-9-15-8-10-20-21(12-15)30-14-29-20/h1-13,25H,14H2,(H,24,26)/b11-9+. The van der Waals surface area contributed by atoms with Crippen molar-refractivity contribution in [1.29, 1.82) is 0 Å². The van der Waals surface area contributed by atoms with Crippen LogP contribution in [-0.2, 0) is 14.8 Å². The van der Waals surface area contributed by atoms with Gasteiger partial charge in [-0.05, 0) is 54.1 Å². The molecule has 3 aromatic rings. The largest absolute Gasteiger partial charge is 0.454 e. The van der Waals surface area contributed by atoms with E-state index in [0.29, 0.717) is 17.2 Å². The summed E-state index contributed by atoms with van der Waals surface area (Å²) < 4.78 is 38.4. The molecule has 0 atom stereocenters. The highest BCUT2D eigenvalue weighted by Crippen LogP contribution is 2.32. The number of nitrogens with one attached hydrogen (secondary N) is 2. The van der Waals surface area contributed by atoms with Crippen LogP contribution in [0, 0.1) is 0 Å². The maximum Gasteiger partial charge on any atom is 0.262 e. The Labute approximate surface area is 184 Å². The molecular weight excluding hydrogens is 440 g/mol. The van der Waals surface area contributed by atoms with Crippen molar-refractivity contribution in [3.05, 3.63) is 83.4 Å². The van der Waals surface area contributed by atoms with Crippen molar-refractivity contribution >= 4 is 45.0 Å². The van der Waals surface area contributed by atoms with Crippen molar-refractivity contribution in [2.75, 3.05) is 16.8 Å². The van der Waals surface area contributed by atoms with E-state index in [2.05, 4.69) is 10.0 Å². The molecule has 9 heteroatoms. The Morgan fingerprint density at radius 1 is 0.968 bits per heavy atom. The van der Waals surface area contributed by atoms with Gasteiger partial charge in [-0.15, -0.1) is 0 Å². The molecule has 0 saturated heterocycles. The third-order valence-electron chi connectivity index (χ3n) is 4.35. The van der Waals surface area contributed by atoms with Crippen LogP contribution in [0.1, 0.15) is 5.56 Å². The molecule has 0 spiro atoms. The van der Waals surface area contributed by atoms with Crippen LogP contribution in [0.2, 0.25) is 5.02 Å². The van der Waals surface area contributed by atoms with Crippen LogP contribution < -0.4 is 19.5 Å². The topological polar surface area (TPSA) is 93.7 Å². The third kappa shape index (κ3) is 4.99. The van der Waals surface area contributed by atoms with E-state index >= 15 is 0 Å². The van der Waals surface area contributed by atoms with Crippen LogP contribution in [0.5, 0.6) is 11.5 Å². The van der Waals surface area contributed by atoms with Gasteiger partial charge < -0.3 is 14.8 Å². The number of hydrogen-bond donors (Lipinski definition) is 2. The molecule has 0 bridgehead atoms. The lowest BCUT2D eigenvalue weighted by molar-refractivity contribution is -0.111. The van der Waals surface area contributed by atoms with Gasteiger partial charge in [0.05, 0.1) is 15.6 Å². The van der Waals surface area contributed by atoms with E-state index in [1.54, 1.807) is 60.7 Å². The summed E-state index contributed by atoms with van der Waals surface area (Å²) in [5, 5.41) is 2.93. The molecule has 1 amide bonds. The van der Waals surface area contributed by atoms with Crippen LogP contribution in [-0.4, -0.2) is 21.1 Å². The molecule has 0 aromatic heterocycles. The molecular formula is C22H17ClN2O5S. The Kier molecular flexibility index (Phi) is 5.83. The van der Waals surface area contributed by atoms with Crippen LogP contribution in [0.4, 0.5) is 11.4 Å². The molecule has 7 nitrogen and oxygen atoms in total. The molecule has 0 fully saturated rings. The first-order chi connectivity index (χ1) is 14.9. The highest BCUT2D eigenvalue weighted by atomic mass is 35.5. The first-order valence-electron chi connectivity index (χ1n) is 9.17. The average Bonchev–Trinajstić information content (AvgIpc) is 3.22. The summed E-state index contributed by atoms with van der Waals surface area (Å²) in [7, 11) is -3.88. The predicted molar refractivity (Wildman–Crippen MR) is 119 cm³/mol. The Bertz CT molecular complexity index is 1270. The van der Waals surface area contributed by atoms with Gasteiger partial charge >= 0.3 is 0 Å². The van der Waals surface area contributed by atoms with E-state index in [1.807, 2.05) is 0 Å². The molecule has 1 aliphatic rings. The fourth-order valence-electron chi connectivity index (χ4n) is 2.86. The van der Waals surface area contributed by atoms with E-state index in [4.69, 9.17) is 21.1 Å². The summed E-state index contributed by atoms with van der Waals surface area (Å²) in [5.41, 5.74) is 1.37. The summed E-state index contributed by atoms with van der Waals surface area (Å²) in [4.78, 5) is 12.3. The number of halogens is 1. The number of anilines is 2. The number of rotatable bonds is 6. The molecule has 1 heterocycles. The van der Waals surface area contributed by atoms with Crippen molar-refractivity contribution in [3.8, 4) is 11.5 Å². The van der Waals surface area contributed by atoms with Crippen LogP contribution in [0.3, 0.4) is 0 Å². The zero-order valence-electron chi connectivity index (χ0n) is 16.0. The number of hydrogen-bond acceptors (Lipinski definition) is 5. The lowest BCUT2D eigenvalue weighted by Gasteiger charge is -2.11. The summed E-state index contributed by atoms with van der Waals surface area (Å²) in [6.45, 7) is 0.174. The Balaban J connectivity index is 1.45. The maximum atomic E-state index is 12.7. The Hall–Kier alpha value is -3.49. The van der Waals surface area contributed by atoms with Gasteiger partial charge in [0.25, 0.3) is 10.0 Å². The van der Waals surface area contributed by atoms with E-state index in [0.717, 1.165) is 5.56 Å². The predicted octanol–water partition coefficient (Wildman–Crippen LogP) is 4.52. The maximum absolute atomic E-state index is 12.7. The second-order valence-electron chi connectivity index (χ2n) is 6.55. The molecule has 0 saturated carbocycles. The van der Waals surface area contributed by atoms with Crippen molar-refractivity contribution in [1.82, 2.24) is 0 Å². The van der Waals surface area contributed by atoms with Crippen molar-refractivity contribution in [3.63, 3.8) is 0 Å². The van der Waals surface area contributed by atoms with Crippen molar-refractivity contribution < 1.29 is 22.7 Å². The highest BCUT2D eigenvalue weighted by molar-refractivity contribution is 7.92. The fraction of sp³-hybridized carbons (Fsp3) is 0.0455. The molecule has 4 rings (SSSR count). The lowest BCUT2D eigenvalue weighted by Crippen LogP contribution is -2.14. The summed E-state index contributed by atoms with van der Waals surface area (Å²) >= 11 is 6.03. The van der Waals surface area contributed by atoms with Crippen molar-refractivity contribution in [2.24, 2.45) is 0 Å². The Morgan fingerprint density at radius 3 is 2.61 bits per heavy atom. The molecule has 31 heavy (non-hydrogen) atoms. The van der Waals surface area contributed by atoms with Crippen LogP contribution in [0.15, 0.2) is 77.7 Å². The van der Waals surface area contributed by atoms with Crippen molar-refractivity contribution in [2.45, 2.75) is 4.90 Å². The van der Waals surface area contributed by atoms with E-state index < -0.39 is 15.9 Å². The molecule has 3 aromatic carbocycles. The molecule has 0 radical (unpaired) electrons. The minimum absolute atomic E-state index is 0.00929. The molecule has 2 N–H and O–H groups in total. The first-order valence-corrected chi connectivity index (χ1v) is 11.0. The van der Waals surface area contributed by atoms with Crippen LogP contribution in [0.25, 0.3) is 6.08 Å². The van der Waals surface area contributed by atoms with Gasteiger partial charge in [-0.25, -0.2) is 8.42 Å². The smallest absolute Gasteiger partial charge is 0.262 e. The summed E-state index contributed by atoms with van der Waals surface area (Å²) in [6.07, 6.45) is 2.97. The lowest BCUT2D eigenvalue weighted by atomic mass is 10.2. The minimum atomic E-state index is -3.88. The number of carbonyl (C=O) groups is 1. The zero-order chi connectivity index (χ0) is 21.8. The van der Waals surface area contributed by atoms with E-state index in [-0.39, 0.29) is 22.4 Å². The second-order valence-corrected chi connectivity index (χ2v) is 8.64. The Morgan fingerprint density at radius 2 is 1.77 bits per heavy atom. The summed E-state index contributed by atoms with van der Waals surface area (Å²) in [5.74, 6) is 0.864. The number of sulfonamides is 1. The van der Waals surface area contributed by atoms with Gasteiger partial charge in [-0.1, -0.05) is 35.9 Å². The molecule has 158 valence electrons. The third-order valence-corrected chi connectivity index (χ3v) is 6.05. The highest BCUT2D eigenvalue weighted by Gasteiger charge is 2.16. The quantitative estimate of drug-likeness (QED) is 0.532. The van der Waals surface area contributed by atoms with Gasteiger partial charge in [-0.3, -0.25) is 9.52 Å². The normalized spacial score (nSPS) is 12.7. The number of amides is 1. The average molecular weight is 457 g/mol. The van der Waals surface area contributed by atoms with Gasteiger partial charge in [0.2, 0.25) is 12.7 Å². The SMILES string of the molecule is O=C(/C=C/c1ccc2c(c1)OCO2)Nc1cccc(S(=O)(=O)Nc2ccccc2Cl)c1. The number of fused-ring (bicyclic) bond motifs is 1. The number of benzene rings is 3. The number of ether oxygens (including phenoxy) is 2. The number of carbonyl (C=O) groups excluding carboxylic acids is 1. The monoisotopic (exact) mass is 456 g/mol. The van der Waals surface area contributed by atoms with E-state index in [9.17, 15) is 13.2 Å². The summed E-state index contributed by atoms with van der Waals surface area (Å²) in [6, 6.07) is 17.8. The van der Waals surface area contributed by atoms with Gasteiger partial charge in [0.15, 0.2) is 11.5 Å². The second kappa shape index (κ2) is 8.71. The fourth-order valence-corrected chi connectivity index (χ4v) is 4.23. The van der Waals surface area contributed by atoms with Gasteiger partial charge in [0, 0.05) is 11.8 Å². The van der Waals surface area contributed by atoms with Crippen LogP contribution >= 0.6 is 11.6 Å².